The molecule has 1 aromatic carbocycles. The zero-order valence-corrected chi connectivity index (χ0v) is 22.0. The van der Waals surface area contributed by atoms with Crippen molar-refractivity contribution in [3.63, 3.8) is 0 Å². The van der Waals surface area contributed by atoms with Crippen LogP contribution in [0.4, 0.5) is 0 Å². The van der Waals surface area contributed by atoms with Crippen LogP contribution in [0, 0.1) is 5.41 Å². The van der Waals surface area contributed by atoms with E-state index in [1.807, 2.05) is 6.20 Å². The Morgan fingerprint density at radius 2 is 1.53 bits per heavy atom. The van der Waals surface area contributed by atoms with Gasteiger partial charge in [-0.25, -0.2) is 4.98 Å². The molecule has 0 radical (unpaired) electrons. The molecule has 0 fully saturated rings. The smallest absolute Gasteiger partial charge is 0.140 e. The number of nitrogens with one attached hydrogen (secondary N) is 1. The summed E-state index contributed by atoms with van der Waals surface area (Å²) in [4.78, 5) is 13.8. The first-order valence-corrected chi connectivity index (χ1v) is 12.1. The Hall–Kier alpha value is -2.16. The van der Waals surface area contributed by atoms with Gasteiger partial charge in [-0.3, -0.25) is 4.98 Å². The van der Waals surface area contributed by atoms with Gasteiger partial charge in [-0.1, -0.05) is 76.2 Å². The van der Waals surface area contributed by atoms with Gasteiger partial charge in [0, 0.05) is 17.2 Å². The number of benzene rings is 1. The maximum Gasteiger partial charge on any atom is 0.140 e. The van der Waals surface area contributed by atoms with Crippen LogP contribution in [-0.4, -0.2) is 15.0 Å². The van der Waals surface area contributed by atoms with Gasteiger partial charge in [-0.2, -0.15) is 0 Å². The molecule has 2 aromatic heterocycles. The fourth-order valence-electron chi connectivity index (χ4n) is 5.63. The van der Waals surface area contributed by atoms with Crippen LogP contribution in [0.15, 0.2) is 24.4 Å². The number of H-pyrrole nitrogens is 1. The lowest BCUT2D eigenvalue weighted by Gasteiger charge is -2.39. The van der Waals surface area contributed by atoms with Crippen molar-refractivity contribution in [2.45, 2.75) is 105 Å². The largest absolute Gasteiger partial charge is 0.338 e. The van der Waals surface area contributed by atoms with Gasteiger partial charge in [0.1, 0.15) is 5.82 Å². The molecule has 0 saturated carbocycles. The number of hydrogen-bond donors (Lipinski definition) is 1. The number of rotatable bonds is 3. The normalized spacial score (nSPS) is 17.9. The van der Waals surface area contributed by atoms with Crippen molar-refractivity contribution in [3.8, 4) is 11.4 Å². The molecule has 0 spiro atoms. The van der Waals surface area contributed by atoms with Gasteiger partial charge in [0.05, 0.1) is 16.7 Å². The summed E-state index contributed by atoms with van der Waals surface area (Å²) in [6, 6.07) is 6.86. The third kappa shape index (κ3) is 3.40. The van der Waals surface area contributed by atoms with Crippen LogP contribution in [0.5, 0.6) is 0 Å². The molecule has 1 N–H and O–H groups in total. The van der Waals surface area contributed by atoms with E-state index in [0.717, 1.165) is 22.6 Å². The summed E-state index contributed by atoms with van der Waals surface area (Å²) in [5.74, 6) is 1.34. The minimum atomic E-state index is -0.113. The van der Waals surface area contributed by atoms with Crippen LogP contribution in [0.3, 0.4) is 0 Å². The number of pyridine rings is 1. The van der Waals surface area contributed by atoms with Crippen molar-refractivity contribution in [1.29, 1.82) is 0 Å². The predicted molar refractivity (Wildman–Crippen MR) is 137 cm³/mol. The van der Waals surface area contributed by atoms with Gasteiger partial charge >= 0.3 is 0 Å². The molecule has 0 atom stereocenters. The van der Waals surface area contributed by atoms with E-state index in [4.69, 9.17) is 9.97 Å². The molecule has 3 heteroatoms. The minimum Gasteiger partial charge on any atom is -0.338 e. The van der Waals surface area contributed by atoms with E-state index in [0.29, 0.717) is 5.92 Å². The number of imidazole rings is 1. The van der Waals surface area contributed by atoms with E-state index in [9.17, 15) is 0 Å². The summed E-state index contributed by atoms with van der Waals surface area (Å²) in [6.45, 7) is 25.5. The zero-order valence-electron chi connectivity index (χ0n) is 22.0. The van der Waals surface area contributed by atoms with Crippen LogP contribution in [0.25, 0.3) is 22.4 Å². The first-order chi connectivity index (χ1) is 14.6. The standard InChI is InChI=1S/C29H41N3/c1-17(2)18-12-13-30-24(29(10,11)26(3,4)5)23(18)25-31-21-14-19-20(15-22(21)32-25)28(8,9)16-27(19,6)7/h12-15,17H,16H2,1-11H3,(H,31,32). The van der Waals surface area contributed by atoms with Crippen molar-refractivity contribution < 1.29 is 0 Å². The molecule has 3 nitrogen and oxygen atoms in total. The highest BCUT2D eigenvalue weighted by Crippen LogP contribution is 2.51. The third-order valence-electron chi connectivity index (χ3n) is 8.27. The second-order valence-corrected chi connectivity index (χ2v) is 13.1. The van der Waals surface area contributed by atoms with E-state index >= 15 is 0 Å². The number of aromatic amines is 1. The maximum atomic E-state index is 5.18. The predicted octanol–water partition coefficient (Wildman–Crippen LogP) is 8.03. The highest BCUT2D eigenvalue weighted by atomic mass is 14.9. The van der Waals surface area contributed by atoms with Crippen molar-refractivity contribution in [2.75, 3.05) is 0 Å². The molecule has 172 valence electrons. The lowest BCUT2D eigenvalue weighted by molar-refractivity contribution is 0.220. The molecule has 0 unspecified atom stereocenters. The lowest BCUT2D eigenvalue weighted by atomic mass is 9.65. The van der Waals surface area contributed by atoms with Gasteiger partial charge in [0.25, 0.3) is 0 Å². The Bertz CT molecular complexity index is 1130. The topological polar surface area (TPSA) is 41.6 Å². The van der Waals surface area contributed by atoms with Crippen molar-refractivity contribution >= 4 is 11.0 Å². The Balaban J connectivity index is 2.00. The summed E-state index contributed by atoms with van der Waals surface area (Å²) in [6.07, 6.45) is 3.14. The number of hydrogen-bond acceptors (Lipinski definition) is 2. The van der Waals surface area contributed by atoms with Crippen LogP contribution in [0.1, 0.15) is 111 Å². The summed E-state index contributed by atoms with van der Waals surface area (Å²) >= 11 is 0. The summed E-state index contributed by atoms with van der Waals surface area (Å²) in [5.41, 5.74) is 8.99. The van der Waals surface area contributed by atoms with Crippen LogP contribution < -0.4 is 0 Å². The van der Waals surface area contributed by atoms with Gasteiger partial charge in [-0.05, 0) is 63.5 Å². The zero-order chi connectivity index (χ0) is 23.9. The first-order valence-electron chi connectivity index (χ1n) is 12.1. The molecule has 0 amide bonds. The molecule has 3 aromatic rings. The molecule has 4 rings (SSSR count). The molecule has 2 heterocycles. The van der Waals surface area contributed by atoms with Gasteiger partial charge in [0.15, 0.2) is 0 Å². The molecule has 0 aliphatic heterocycles. The molecule has 1 aliphatic rings. The molecule has 32 heavy (non-hydrogen) atoms. The SMILES string of the molecule is CC(C)c1ccnc(C(C)(C)C(C)(C)C)c1-c1nc2cc3c(cc2[nH]1)C(C)(C)CC3(C)C. The van der Waals surface area contributed by atoms with Crippen molar-refractivity contribution in [3.05, 3.63) is 46.8 Å². The molecular weight excluding hydrogens is 390 g/mol. The lowest BCUT2D eigenvalue weighted by Crippen LogP contribution is -2.35. The molecular formula is C29H41N3. The Morgan fingerprint density at radius 3 is 2.09 bits per heavy atom. The van der Waals surface area contributed by atoms with E-state index in [-0.39, 0.29) is 21.7 Å². The van der Waals surface area contributed by atoms with E-state index in [2.05, 4.69) is 99.3 Å². The molecule has 0 bridgehead atoms. The Labute approximate surface area is 194 Å². The Kier molecular flexibility index (Phi) is 4.98. The highest BCUT2D eigenvalue weighted by molar-refractivity contribution is 5.83. The van der Waals surface area contributed by atoms with Crippen molar-refractivity contribution in [1.82, 2.24) is 15.0 Å². The van der Waals surface area contributed by atoms with Gasteiger partial charge in [-0.15, -0.1) is 0 Å². The Morgan fingerprint density at radius 1 is 0.938 bits per heavy atom. The highest BCUT2D eigenvalue weighted by Gasteiger charge is 2.42. The van der Waals surface area contributed by atoms with Crippen LogP contribution in [0.2, 0.25) is 0 Å². The van der Waals surface area contributed by atoms with E-state index in [1.165, 1.54) is 28.7 Å². The monoisotopic (exact) mass is 431 g/mol. The molecule has 0 saturated heterocycles. The number of nitrogens with zero attached hydrogens (tertiary/aromatic N) is 2. The molecule has 1 aliphatic carbocycles. The average molecular weight is 432 g/mol. The van der Waals surface area contributed by atoms with Gasteiger partial charge in [0.2, 0.25) is 0 Å². The fourth-order valence-corrected chi connectivity index (χ4v) is 5.63. The van der Waals surface area contributed by atoms with E-state index < -0.39 is 0 Å². The quantitative estimate of drug-likeness (QED) is 0.456. The second kappa shape index (κ2) is 6.92. The fraction of sp³-hybridized carbons (Fsp3) is 0.586. The summed E-state index contributed by atoms with van der Waals surface area (Å²) in [7, 11) is 0. The van der Waals surface area contributed by atoms with Crippen LogP contribution in [-0.2, 0) is 16.2 Å². The first kappa shape index (κ1) is 23.0. The average Bonchev–Trinajstić information content (AvgIpc) is 3.14. The van der Waals surface area contributed by atoms with Crippen molar-refractivity contribution in [2.24, 2.45) is 5.41 Å². The third-order valence-corrected chi connectivity index (χ3v) is 8.27. The maximum absolute atomic E-state index is 5.18. The van der Waals surface area contributed by atoms with E-state index in [1.54, 1.807) is 0 Å². The minimum absolute atomic E-state index is 0.0611. The van der Waals surface area contributed by atoms with Gasteiger partial charge < -0.3 is 4.98 Å². The number of fused-ring (bicyclic) bond motifs is 2. The summed E-state index contributed by atoms with van der Waals surface area (Å²) in [5, 5.41) is 0. The summed E-state index contributed by atoms with van der Waals surface area (Å²) < 4.78 is 0. The number of aromatic nitrogens is 3. The second-order valence-electron chi connectivity index (χ2n) is 13.1. The van der Waals surface area contributed by atoms with Crippen LogP contribution >= 0.6 is 0 Å².